The molecule has 1 saturated heterocycles. The standard InChI is InChI=1S/C32H30BrClN2O2/c33-27-10-5-9-26(21-27)32(37)36(29-16-18-35(19-17-29)22-24-6-2-1-3-7-24)23-25-8-4-11-31(20-25)38-30-14-12-28(34)13-15-30/h1-15,20-21,29H,16-19,22-23H2. The van der Waals surface area contributed by atoms with E-state index in [0.717, 1.165) is 54.0 Å². The quantitative estimate of drug-likeness (QED) is 0.208. The zero-order valence-corrected chi connectivity index (χ0v) is 23.4. The first kappa shape index (κ1) is 26.5. The third-order valence-corrected chi connectivity index (χ3v) is 7.63. The van der Waals surface area contributed by atoms with Gasteiger partial charge in [-0.25, -0.2) is 0 Å². The molecule has 1 aliphatic rings. The molecule has 1 aliphatic heterocycles. The number of carbonyl (C=O) groups is 1. The van der Waals surface area contributed by atoms with Crippen molar-refractivity contribution in [1.29, 1.82) is 0 Å². The third kappa shape index (κ3) is 7.04. The molecular formula is C32H30BrClN2O2. The van der Waals surface area contributed by atoms with Crippen LogP contribution in [0, 0.1) is 0 Å². The molecule has 4 aromatic carbocycles. The lowest BCUT2D eigenvalue weighted by Gasteiger charge is -2.39. The lowest BCUT2D eigenvalue weighted by Crippen LogP contribution is -2.46. The van der Waals surface area contributed by atoms with Gasteiger partial charge in [0.2, 0.25) is 0 Å². The molecule has 0 saturated carbocycles. The van der Waals surface area contributed by atoms with Crippen molar-refractivity contribution in [3.63, 3.8) is 0 Å². The van der Waals surface area contributed by atoms with Gasteiger partial charge in [0, 0.05) is 47.3 Å². The molecule has 0 bridgehead atoms. The van der Waals surface area contributed by atoms with Crippen LogP contribution < -0.4 is 4.74 Å². The topological polar surface area (TPSA) is 32.8 Å². The van der Waals surface area contributed by atoms with E-state index in [1.54, 1.807) is 0 Å². The van der Waals surface area contributed by atoms with Gasteiger partial charge in [0.25, 0.3) is 5.91 Å². The van der Waals surface area contributed by atoms with Crippen LogP contribution in [0.1, 0.15) is 34.3 Å². The summed E-state index contributed by atoms with van der Waals surface area (Å²) in [6.07, 6.45) is 1.88. The van der Waals surface area contributed by atoms with Crippen LogP contribution in [0.15, 0.2) is 108 Å². The van der Waals surface area contributed by atoms with Crippen LogP contribution in [0.2, 0.25) is 5.02 Å². The monoisotopic (exact) mass is 588 g/mol. The summed E-state index contributed by atoms with van der Waals surface area (Å²) in [5, 5.41) is 0.669. The second-order valence-corrected chi connectivity index (χ2v) is 11.0. The van der Waals surface area contributed by atoms with Crippen molar-refractivity contribution in [2.24, 2.45) is 0 Å². The fraction of sp³-hybridized carbons (Fsp3) is 0.219. The zero-order chi connectivity index (χ0) is 26.3. The Morgan fingerprint density at radius 3 is 2.29 bits per heavy atom. The van der Waals surface area contributed by atoms with Crippen LogP contribution in [-0.4, -0.2) is 34.8 Å². The van der Waals surface area contributed by atoms with Crippen molar-refractivity contribution in [2.45, 2.75) is 32.0 Å². The molecule has 194 valence electrons. The van der Waals surface area contributed by atoms with Crippen LogP contribution in [0.3, 0.4) is 0 Å². The molecule has 0 aliphatic carbocycles. The summed E-state index contributed by atoms with van der Waals surface area (Å²) < 4.78 is 6.96. The highest BCUT2D eigenvalue weighted by molar-refractivity contribution is 9.10. The van der Waals surface area contributed by atoms with Crippen molar-refractivity contribution < 1.29 is 9.53 Å². The molecule has 38 heavy (non-hydrogen) atoms. The molecule has 0 N–H and O–H groups in total. The molecule has 5 rings (SSSR count). The zero-order valence-electron chi connectivity index (χ0n) is 21.1. The first-order valence-corrected chi connectivity index (χ1v) is 14.1. The van der Waals surface area contributed by atoms with E-state index >= 15 is 0 Å². The SMILES string of the molecule is O=C(c1cccc(Br)c1)N(Cc1cccc(Oc2ccc(Cl)cc2)c1)C1CCN(Cc2ccccc2)CC1. The van der Waals surface area contributed by atoms with Gasteiger partial charge in [0.05, 0.1) is 0 Å². The minimum absolute atomic E-state index is 0.0526. The first-order valence-electron chi connectivity index (χ1n) is 12.9. The van der Waals surface area contributed by atoms with E-state index < -0.39 is 0 Å². The predicted molar refractivity (Wildman–Crippen MR) is 157 cm³/mol. The second kappa shape index (κ2) is 12.6. The Labute approximate surface area is 237 Å². The highest BCUT2D eigenvalue weighted by Crippen LogP contribution is 2.27. The van der Waals surface area contributed by atoms with E-state index in [-0.39, 0.29) is 11.9 Å². The largest absolute Gasteiger partial charge is 0.457 e. The van der Waals surface area contributed by atoms with Gasteiger partial charge in [0.1, 0.15) is 11.5 Å². The molecule has 6 heteroatoms. The second-order valence-electron chi connectivity index (χ2n) is 9.64. The number of carbonyl (C=O) groups excluding carboxylic acids is 1. The number of hydrogen-bond acceptors (Lipinski definition) is 3. The third-order valence-electron chi connectivity index (χ3n) is 6.88. The molecule has 0 atom stereocenters. The van der Waals surface area contributed by atoms with E-state index in [1.165, 1.54) is 5.56 Å². The number of halogens is 2. The molecular weight excluding hydrogens is 560 g/mol. The fourth-order valence-corrected chi connectivity index (χ4v) is 5.45. The molecule has 1 fully saturated rings. The first-order chi connectivity index (χ1) is 18.5. The van der Waals surface area contributed by atoms with Gasteiger partial charge in [-0.05, 0) is 78.6 Å². The van der Waals surface area contributed by atoms with Crippen molar-refractivity contribution in [3.05, 3.63) is 129 Å². The maximum Gasteiger partial charge on any atom is 0.254 e. The normalized spacial score (nSPS) is 14.3. The van der Waals surface area contributed by atoms with Crippen molar-refractivity contribution in [2.75, 3.05) is 13.1 Å². The number of benzene rings is 4. The van der Waals surface area contributed by atoms with Crippen LogP contribution in [0.5, 0.6) is 11.5 Å². The molecule has 4 aromatic rings. The van der Waals surface area contributed by atoms with Crippen LogP contribution in [0.25, 0.3) is 0 Å². The number of ether oxygens (including phenoxy) is 1. The number of nitrogens with zero attached hydrogens (tertiary/aromatic N) is 2. The Morgan fingerprint density at radius 1 is 0.842 bits per heavy atom. The number of amides is 1. The van der Waals surface area contributed by atoms with E-state index in [9.17, 15) is 4.79 Å². The van der Waals surface area contributed by atoms with Gasteiger partial charge in [-0.3, -0.25) is 9.69 Å². The van der Waals surface area contributed by atoms with Gasteiger partial charge in [-0.2, -0.15) is 0 Å². The van der Waals surface area contributed by atoms with Crippen LogP contribution in [-0.2, 0) is 13.1 Å². The molecule has 1 amide bonds. The van der Waals surface area contributed by atoms with E-state index in [1.807, 2.05) is 71.6 Å². The summed E-state index contributed by atoms with van der Waals surface area (Å²) in [7, 11) is 0. The van der Waals surface area contributed by atoms with Gasteiger partial charge in [0.15, 0.2) is 0 Å². The molecule has 4 nitrogen and oxygen atoms in total. The van der Waals surface area contributed by atoms with Crippen LogP contribution >= 0.6 is 27.5 Å². The fourth-order valence-electron chi connectivity index (χ4n) is 4.93. The van der Waals surface area contributed by atoms with E-state index in [2.05, 4.69) is 57.2 Å². The summed E-state index contributed by atoms with van der Waals surface area (Å²) in [5.74, 6) is 1.51. The van der Waals surface area contributed by atoms with Gasteiger partial charge in [-0.1, -0.05) is 76.1 Å². The number of hydrogen-bond donors (Lipinski definition) is 0. The summed E-state index contributed by atoms with van der Waals surface area (Å²) >= 11 is 9.54. The van der Waals surface area contributed by atoms with Crippen LogP contribution in [0.4, 0.5) is 0 Å². The highest BCUT2D eigenvalue weighted by atomic mass is 79.9. The van der Waals surface area contributed by atoms with E-state index in [4.69, 9.17) is 16.3 Å². The maximum absolute atomic E-state index is 13.8. The minimum Gasteiger partial charge on any atom is -0.457 e. The average Bonchev–Trinajstić information content (AvgIpc) is 2.94. The predicted octanol–water partition coefficient (Wildman–Crippen LogP) is 8.20. The molecule has 0 unspecified atom stereocenters. The van der Waals surface area contributed by atoms with Crippen molar-refractivity contribution in [3.8, 4) is 11.5 Å². The van der Waals surface area contributed by atoms with Gasteiger partial charge >= 0.3 is 0 Å². The Morgan fingerprint density at radius 2 is 1.55 bits per heavy atom. The minimum atomic E-state index is 0.0526. The summed E-state index contributed by atoms with van der Waals surface area (Å²) in [6, 6.07) is 33.7. The van der Waals surface area contributed by atoms with Gasteiger partial charge < -0.3 is 9.64 Å². The summed E-state index contributed by atoms with van der Waals surface area (Å²) in [4.78, 5) is 18.4. The Bertz CT molecular complexity index is 1360. The van der Waals surface area contributed by atoms with E-state index in [0.29, 0.717) is 17.1 Å². The molecule has 0 radical (unpaired) electrons. The number of piperidine rings is 1. The molecule has 1 heterocycles. The summed E-state index contributed by atoms with van der Waals surface area (Å²) in [6.45, 7) is 3.38. The number of likely N-dealkylation sites (tertiary alicyclic amines) is 1. The Kier molecular flexibility index (Phi) is 8.79. The average molecular weight is 590 g/mol. The van der Waals surface area contributed by atoms with Crippen molar-refractivity contribution >= 4 is 33.4 Å². The lowest BCUT2D eigenvalue weighted by molar-refractivity contribution is 0.0542. The Hall–Kier alpha value is -3.12. The smallest absolute Gasteiger partial charge is 0.254 e. The highest BCUT2D eigenvalue weighted by Gasteiger charge is 2.29. The summed E-state index contributed by atoms with van der Waals surface area (Å²) in [5.41, 5.74) is 3.05. The molecule has 0 spiro atoms. The lowest BCUT2D eigenvalue weighted by atomic mass is 10.00. The number of rotatable bonds is 8. The van der Waals surface area contributed by atoms with Gasteiger partial charge in [-0.15, -0.1) is 0 Å². The molecule has 0 aromatic heterocycles. The maximum atomic E-state index is 13.8. The van der Waals surface area contributed by atoms with Crippen molar-refractivity contribution in [1.82, 2.24) is 9.80 Å². The Balaban J connectivity index is 1.32.